The topological polar surface area (TPSA) is 24.5 Å². The number of rotatable bonds is 6. The molecule has 1 aliphatic rings. The van der Waals surface area contributed by atoms with E-state index >= 15 is 0 Å². The van der Waals surface area contributed by atoms with Crippen LogP contribution in [-0.2, 0) is 0 Å². The van der Waals surface area contributed by atoms with Gasteiger partial charge in [0, 0.05) is 12.1 Å². The summed E-state index contributed by atoms with van der Waals surface area (Å²) in [6, 6.07) is 10.1. The van der Waals surface area contributed by atoms with E-state index in [1.54, 1.807) is 0 Å². The number of hydrogen-bond donors (Lipinski definition) is 1. The van der Waals surface area contributed by atoms with Crippen molar-refractivity contribution < 1.29 is 4.74 Å². The maximum Gasteiger partial charge on any atom is 0.119 e. The van der Waals surface area contributed by atoms with Gasteiger partial charge in [0.05, 0.1) is 0 Å². The van der Waals surface area contributed by atoms with Crippen molar-refractivity contribution in [1.82, 2.24) is 10.2 Å². The number of nitrogens with zero attached hydrogens (tertiary/aromatic N) is 1. The molecule has 0 bridgehead atoms. The molecule has 3 heteroatoms. The van der Waals surface area contributed by atoms with Crippen molar-refractivity contribution in [2.75, 3.05) is 32.8 Å². The average molecular weight is 290 g/mol. The lowest BCUT2D eigenvalue weighted by molar-refractivity contribution is 0.150. The van der Waals surface area contributed by atoms with Crippen LogP contribution in [0.5, 0.6) is 5.75 Å². The van der Waals surface area contributed by atoms with E-state index in [4.69, 9.17) is 4.74 Å². The van der Waals surface area contributed by atoms with E-state index in [-0.39, 0.29) is 5.54 Å². The molecule has 1 fully saturated rings. The smallest absolute Gasteiger partial charge is 0.119 e. The maximum atomic E-state index is 5.77. The van der Waals surface area contributed by atoms with Gasteiger partial charge in [-0.3, -0.25) is 4.90 Å². The second kappa shape index (κ2) is 7.81. The fraction of sp³-hybridized carbons (Fsp3) is 0.667. The molecule has 1 aromatic rings. The summed E-state index contributed by atoms with van der Waals surface area (Å²) in [5.74, 6) is 1.80. The second-order valence-corrected chi connectivity index (χ2v) is 7.08. The molecule has 2 rings (SSSR count). The van der Waals surface area contributed by atoms with Crippen LogP contribution in [0, 0.1) is 5.92 Å². The molecule has 0 unspecified atom stereocenters. The molecule has 0 amide bonds. The van der Waals surface area contributed by atoms with E-state index in [1.807, 2.05) is 30.3 Å². The van der Waals surface area contributed by atoms with Gasteiger partial charge in [-0.25, -0.2) is 0 Å². The first-order valence-electron chi connectivity index (χ1n) is 8.18. The lowest BCUT2D eigenvalue weighted by Gasteiger charge is -2.33. The third kappa shape index (κ3) is 6.49. The fourth-order valence-corrected chi connectivity index (χ4v) is 2.67. The summed E-state index contributed by atoms with van der Waals surface area (Å²) in [5, 5.41) is 3.63. The van der Waals surface area contributed by atoms with Gasteiger partial charge in [-0.1, -0.05) is 18.2 Å². The molecule has 118 valence electrons. The first kappa shape index (κ1) is 16.3. The van der Waals surface area contributed by atoms with E-state index in [0.29, 0.717) is 0 Å². The maximum absolute atomic E-state index is 5.77. The van der Waals surface area contributed by atoms with Gasteiger partial charge in [-0.15, -0.1) is 0 Å². The van der Waals surface area contributed by atoms with Crippen LogP contribution < -0.4 is 10.1 Å². The fourth-order valence-electron chi connectivity index (χ4n) is 2.67. The van der Waals surface area contributed by atoms with Gasteiger partial charge in [0.25, 0.3) is 0 Å². The quantitative estimate of drug-likeness (QED) is 0.871. The van der Waals surface area contributed by atoms with Crippen molar-refractivity contribution in [3.8, 4) is 5.75 Å². The standard InChI is InChI=1S/C18H30N2O/c1-18(2,3)19-15-16-9-11-20(12-10-16)13-14-21-17-7-5-4-6-8-17/h4-8,16,19H,9-15H2,1-3H3. The highest BCUT2D eigenvalue weighted by Gasteiger charge is 2.20. The predicted octanol–water partition coefficient (Wildman–Crippen LogP) is 3.17. The van der Waals surface area contributed by atoms with E-state index in [9.17, 15) is 0 Å². The molecule has 0 atom stereocenters. The number of benzene rings is 1. The van der Waals surface area contributed by atoms with Crippen molar-refractivity contribution in [2.45, 2.75) is 39.2 Å². The molecule has 1 aromatic carbocycles. The van der Waals surface area contributed by atoms with Crippen LogP contribution in [-0.4, -0.2) is 43.2 Å². The highest BCUT2D eigenvalue weighted by atomic mass is 16.5. The van der Waals surface area contributed by atoms with Crippen LogP contribution in [0.1, 0.15) is 33.6 Å². The Bertz CT molecular complexity index is 391. The van der Waals surface area contributed by atoms with Gasteiger partial charge >= 0.3 is 0 Å². The summed E-state index contributed by atoms with van der Waals surface area (Å²) in [6.07, 6.45) is 2.60. The summed E-state index contributed by atoms with van der Waals surface area (Å²) < 4.78 is 5.77. The SMILES string of the molecule is CC(C)(C)NCC1CCN(CCOc2ccccc2)CC1. The Balaban J connectivity index is 1.59. The molecule has 21 heavy (non-hydrogen) atoms. The zero-order valence-corrected chi connectivity index (χ0v) is 13.8. The van der Waals surface area contributed by atoms with Gasteiger partial charge in [0.2, 0.25) is 0 Å². The summed E-state index contributed by atoms with van der Waals surface area (Å²) in [5.41, 5.74) is 0.237. The number of para-hydroxylation sites is 1. The molecule has 1 saturated heterocycles. The van der Waals surface area contributed by atoms with Crippen molar-refractivity contribution >= 4 is 0 Å². The third-order valence-electron chi connectivity index (χ3n) is 4.05. The largest absolute Gasteiger partial charge is 0.492 e. The summed E-state index contributed by atoms with van der Waals surface area (Å²) >= 11 is 0. The van der Waals surface area contributed by atoms with Crippen LogP contribution >= 0.6 is 0 Å². The number of hydrogen-bond acceptors (Lipinski definition) is 3. The highest BCUT2D eigenvalue weighted by Crippen LogP contribution is 2.17. The first-order chi connectivity index (χ1) is 10.0. The molecular formula is C18H30N2O. The summed E-state index contributed by atoms with van der Waals surface area (Å²) in [6.45, 7) is 12.1. The van der Waals surface area contributed by atoms with Gasteiger partial charge in [-0.2, -0.15) is 0 Å². The molecule has 0 aliphatic carbocycles. The van der Waals surface area contributed by atoms with E-state index in [0.717, 1.165) is 31.4 Å². The van der Waals surface area contributed by atoms with E-state index < -0.39 is 0 Å². The second-order valence-electron chi connectivity index (χ2n) is 7.08. The van der Waals surface area contributed by atoms with Gasteiger partial charge in [-0.05, 0) is 71.3 Å². The number of nitrogens with one attached hydrogen (secondary N) is 1. The normalized spacial score (nSPS) is 17.9. The number of likely N-dealkylation sites (tertiary alicyclic amines) is 1. The van der Waals surface area contributed by atoms with Crippen LogP contribution in [0.15, 0.2) is 30.3 Å². The minimum absolute atomic E-state index is 0.237. The van der Waals surface area contributed by atoms with Crippen LogP contribution in [0.2, 0.25) is 0 Å². The molecular weight excluding hydrogens is 260 g/mol. The molecule has 3 nitrogen and oxygen atoms in total. The van der Waals surface area contributed by atoms with E-state index in [1.165, 1.54) is 25.9 Å². The molecule has 1 heterocycles. The third-order valence-corrected chi connectivity index (χ3v) is 4.05. The summed E-state index contributed by atoms with van der Waals surface area (Å²) in [4.78, 5) is 2.52. The Morgan fingerprint density at radius 1 is 1.14 bits per heavy atom. The van der Waals surface area contributed by atoms with Crippen LogP contribution in [0.25, 0.3) is 0 Å². The average Bonchev–Trinajstić information content (AvgIpc) is 2.47. The monoisotopic (exact) mass is 290 g/mol. The van der Waals surface area contributed by atoms with E-state index in [2.05, 4.69) is 31.0 Å². The molecule has 0 radical (unpaired) electrons. The lowest BCUT2D eigenvalue weighted by Crippen LogP contribution is -2.43. The van der Waals surface area contributed by atoms with Gasteiger partial charge < -0.3 is 10.1 Å². The lowest BCUT2D eigenvalue weighted by atomic mass is 9.95. The molecule has 1 N–H and O–H groups in total. The van der Waals surface area contributed by atoms with Crippen molar-refractivity contribution in [1.29, 1.82) is 0 Å². The number of piperidine rings is 1. The minimum Gasteiger partial charge on any atom is -0.492 e. The highest BCUT2D eigenvalue weighted by molar-refractivity contribution is 5.20. The van der Waals surface area contributed by atoms with Crippen LogP contribution in [0.4, 0.5) is 0 Å². The zero-order valence-electron chi connectivity index (χ0n) is 13.8. The Morgan fingerprint density at radius 2 is 1.81 bits per heavy atom. The zero-order chi connectivity index (χ0) is 15.1. The van der Waals surface area contributed by atoms with Crippen molar-refractivity contribution in [2.24, 2.45) is 5.92 Å². The Kier molecular flexibility index (Phi) is 6.07. The number of ether oxygens (including phenoxy) is 1. The van der Waals surface area contributed by atoms with Crippen molar-refractivity contribution in [3.63, 3.8) is 0 Å². The molecule has 0 saturated carbocycles. The minimum atomic E-state index is 0.237. The van der Waals surface area contributed by atoms with Crippen molar-refractivity contribution in [3.05, 3.63) is 30.3 Å². The Morgan fingerprint density at radius 3 is 2.43 bits per heavy atom. The van der Waals surface area contributed by atoms with Gasteiger partial charge in [0.1, 0.15) is 12.4 Å². The molecule has 0 aromatic heterocycles. The van der Waals surface area contributed by atoms with Crippen LogP contribution in [0.3, 0.4) is 0 Å². The molecule has 0 spiro atoms. The Hall–Kier alpha value is -1.06. The first-order valence-corrected chi connectivity index (χ1v) is 8.18. The summed E-state index contributed by atoms with van der Waals surface area (Å²) in [7, 11) is 0. The Labute approximate surface area is 129 Å². The molecule has 1 aliphatic heterocycles. The van der Waals surface area contributed by atoms with Gasteiger partial charge in [0.15, 0.2) is 0 Å². The predicted molar refractivity (Wildman–Crippen MR) is 88.9 cm³/mol.